The molecule has 0 saturated heterocycles. The van der Waals surface area contributed by atoms with Crippen LogP contribution in [-0.4, -0.2) is 36.6 Å². The highest BCUT2D eigenvalue weighted by molar-refractivity contribution is 5.82. The summed E-state index contributed by atoms with van der Waals surface area (Å²) in [6.45, 7) is 6.34. The largest absolute Gasteiger partial charge is 0.444 e. The lowest BCUT2D eigenvalue weighted by Gasteiger charge is -2.19. The van der Waals surface area contributed by atoms with Crippen LogP contribution in [0.1, 0.15) is 40.5 Å². The van der Waals surface area contributed by atoms with Crippen LogP contribution in [-0.2, 0) is 9.53 Å². The van der Waals surface area contributed by atoms with Crippen molar-refractivity contribution in [1.29, 1.82) is 0 Å². The van der Waals surface area contributed by atoms with Crippen molar-refractivity contribution in [3.63, 3.8) is 0 Å². The number of alkyl carbamates (subject to hydrolysis) is 1. The highest BCUT2D eigenvalue weighted by Crippen LogP contribution is 2.10. The van der Waals surface area contributed by atoms with Gasteiger partial charge in [-0.05, 0) is 33.6 Å². The van der Waals surface area contributed by atoms with E-state index in [1.807, 2.05) is 0 Å². The molecule has 0 rings (SSSR count). The predicted octanol–water partition coefficient (Wildman–Crippen LogP) is 2.06. The SMILES string of the molecule is CC(C)(C)OC(=O)NCCCCNC(=O)C(C)(F)F. The zero-order chi connectivity index (χ0) is 15.1. The summed E-state index contributed by atoms with van der Waals surface area (Å²) in [4.78, 5) is 22.0. The molecule has 7 heteroatoms. The first-order valence-corrected chi connectivity index (χ1v) is 6.15. The minimum Gasteiger partial charge on any atom is -0.444 e. The van der Waals surface area contributed by atoms with Crippen LogP contribution in [0.3, 0.4) is 0 Å². The standard InChI is InChI=1S/C12H22F2N2O3/c1-11(2,3)19-10(18)16-8-6-5-7-15-9(17)12(4,13)14/h5-8H2,1-4H3,(H,15,17)(H,16,18). The van der Waals surface area contributed by atoms with Gasteiger partial charge in [0.05, 0.1) is 0 Å². The van der Waals surface area contributed by atoms with Gasteiger partial charge in [-0.3, -0.25) is 4.79 Å². The molecule has 0 heterocycles. The van der Waals surface area contributed by atoms with E-state index in [-0.39, 0.29) is 6.54 Å². The summed E-state index contributed by atoms with van der Waals surface area (Å²) in [5.74, 6) is -4.64. The fourth-order valence-electron chi connectivity index (χ4n) is 1.11. The molecule has 0 atom stereocenters. The van der Waals surface area contributed by atoms with Gasteiger partial charge >= 0.3 is 12.0 Å². The Morgan fingerprint density at radius 2 is 1.47 bits per heavy atom. The van der Waals surface area contributed by atoms with Gasteiger partial charge < -0.3 is 15.4 Å². The molecule has 0 aromatic carbocycles. The Balaban J connectivity index is 3.57. The normalized spacial score (nSPS) is 11.9. The van der Waals surface area contributed by atoms with Crippen LogP contribution in [0.2, 0.25) is 0 Å². The Kier molecular flexibility index (Phi) is 6.72. The van der Waals surface area contributed by atoms with Gasteiger partial charge in [0.2, 0.25) is 0 Å². The number of ether oxygens (including phenoxy) is 1. The third-order valence-electron chi connectivity index (χ3n) is 1.96. The maximum absolute atomic E-state index is 12.5. The van der Waals surface area contributed by atoms with Crippen molar-refractivity contribution in [3.05, 3.63) is 0 Å². The van der Waals surface area contributed by atoms with Gasteiger partial charge in [-0.2, -0.15) is 8.78 Å². The molecule has 112 valence electrons. The Labute approximate surface area is 112 Å². The molecule has 5 nitrogen and oxygen atoms in total. The summed E-state index contributed by atoms with van der Waals surface area (Å²) in [5.41, 5.74) is -0.551. The number of carbonyl (C=O) groups excluding carboxylic acids is 2. The molecule has 2 N–H and O–H groups in total. The third-order valence-corrected chi connectivity index (χ3v) is 1.96. The number of hydrogen-bond donors (Lipinski definition) is 2. The van der Waals surface area contributed by atoms with Crippen LogP contribution in [0, 0.1) is 0 Å². The quantitative estimate of drug-likeness (QED) is 0.732. The van der Waals surface area contributed by atoms with E-state index >= 15 is 0 Å². The molecule has 0 radical (unpaired) electrons. The van der Waals surface area contributed by atoms with Crippen LogP contribution >= 0.6 is 0 Å². The summed E-state index contributed by atoms with van der Waals surface area (Å²) >= 11 is 0. The fourth-order valence-corrected chi connectivity index (χ4v) is 1.11. The van der Waals surface area contributed by atoms with Crippen molar-refractivity contribution in [3.8, 4) is 0 Å². The third kappa shape index (κ3) is 10.2. The van der Waals surface area contributed by atoms with Crippen molar-refractivity contribution in [2.45, 2.75) is 52.1 Å². The first kappa shape index (κ1) is 17.6. The van der Waals surface area contributed by atoms with Crippen LogP contribution in [0.4, 0.5) is 13.6 Å². The zero-order valence-corrected chi connectivity index (χ0v) is 11.8. The molecule has 0 aliphatic carbocycles. The number of unbranched alkanes of at least 4 members (excludes halogenated alkanes) is 1. The number of alkyl halides is 2. The van der Waals surface area contributed by atoms with Gasteiger partial charge in [0, 0.05) is 20.0 Å². The lowest BCUT2D eigenvalue weighted by Crippen LogP contribution is -2.38. The highest BCUT2D eigenvalue weighted by Gasteiger charge is 2.31. The first-order chi connectivity index (χ1) is 8.52. The van der Waals surface area contributed by atoms with Gasteiger partial charge in [-0.25, -0.2) is 4.79 Å². The van der Waals surface area contributed by atoms with Crippen LogP contribution < -0.4 is 10.6 Å². The summed E-state index contributed by atoms with van der Waals surface area (Å²) in [5, 5.41) is 4.65. The molecular weight excluding hydrogens is 258 g/mol. The summed E-state index contributed by atoms with van der Waals surface area (Å²) in [6, 6.07) is 0. The Morgan fingerprint density at radius 1 is 1.00 bits per heavy atom. The Morgan fingerprint density at radius 3 is 1.89 bits per heavy atom. The second kappa shape index (κ2) is 7.25. The monoisotopic (exact) mass is 280 g/mol. The molecule has 0 unspecified atom stereocenters. The second-order valence-electron chi connectivity index (χ2n) is 5.28. The molecule has 19 heavy (non-hydrogen) atoms. The highest BCUT2D eigenvalue weighted by atomic mass is 19.3. The number of hydrogen-bond acceptors (Lipinski definition) is 3. The van der Waals surface area contributed by atoms with Gasteiger partial charge in [0.25, 0.3) is 5.91 Å². The summed E-state index contributed by atoms with van der Waals surface area (Å²) in [7, 11) is 0. The average Bonchev–Trinajstić information content (AvgIpc) is 2.18. The number of halogens is 2. The maximum Gasteiger partial charge on any atom is 0.407 e. The molecule has 0 aromatic rings. The summed E-state index contributed by atoms with van der Waals surface area (Å²) in [6.07, 6.45) is 0.545. The van der Waals surface area contributed by atoms with Crippen molar-refractivity contribution in [1.82, 2.24) is 10.6 Å². The van der Waals surface area contributed by atoms with Crippen LogP contribution in [0.25, 0.3) is 0 Å². The van der Waals surface area contributed by atoms with Gasteiger partial charge in [0.1, 0.15) is 5.60 Å². The first-order valence-electron chi connectivity index (χ1n) is 6.15. The number of nitrogens with one attached hydrogen (secondary N) is 2. The molecule has 0 saturated carbocycles. The van der Waals surface area contributed by atoms with Crippen molar-refractivity contribution in [2.75, 3.05) is 13.1 Å². The molecule has 2 amide bonds. The molecular formula is C12H22F2N2O3. The van der Waals surface area contributed by atoms with Crippen LogP contribution in [0.5, 0.6) is 0 Å². The van der Waals surface area contributed by atoms with E-state index in [1.54, 1.807) is 20.8 Å². The minimum absolute atomic E-state index is 0.151. The van der Waals surface area contributed by atoms with E-state index < -0.39 is 23.5 Å². The molecule has 0 aromatic heterocycles. The number of carbonyl (C=O) groups is 2. The molecule has 0 spiro atoms. The smallest absolute Gasteiger partial charge is 0.407 e. The lowest BCUT2D eigenvalue weighted by atomic mass is 10.2. The van der Waals surface area contributed by atoms with Gasteiger partial charge in [-0.1, -0.05) is 0 Å². The number of amides is 2. The lowest BCUT2D eigenvalue weighted by molar-refractivity contribution is -0.143. The van der Waals surface area contributed by atoms with Crippen molar-refractivity contribution in [2.24, 2.45) is 0 Å². The Bertz CT molecular complexity index is 309. The van der Waals surface area contributed by atoms with E-state index in [1.165, 1.54) is 0 Å². The molecule has 0 aliphatic heterocycles. The molecule has 0 aliphatic rings. The van der Waals surface area contributed by atoms with Gasteiger partial charge in [-0.15, -0.1) is 0 Å². The predicted molar refractivity (Wildman–Crippen MR) is 67.1 cm³/mol. The fraction of sp³-hybridized carbons (Fsp3) is 0.833. The van der Waals surface area contributed by atoms with Crippen LogP contribution in [0.15, 0.2) is 0 Å². The maximum atomic E-state index is 12.5. The van der Waals surface area contributed by atoms with Crippen molar-refractivity contribution < 1.29 is 23.1 Å². The molecule has 0 bridgehead atoms. The van der Waals surface area contributed by atoms with E-state index in [0.717, 1.165) is 0 Å². The topological polar surface area (TPSA) is 67.4 Å². The Hall–Kier alpha value is -1.40. The van der Waals surface area contributed by atoms with E-state index in [0.29, 0.717) is 26.3 Å². The zero-order valence-electron chi connectivity index (χ0n) is 11.8. The van der Waals surface area contributed by atoms with E-state index in [2.05, 4.69) is 10.6 Å². The minimum atomic E-state index is -3.35. The van der Waals surface area contributed by atoms with E-state index in [9.17, 15) is 18.4 Å². The van der Waals surface area contributed by atoms with E-state index in [4.69, 9.17) is 4.74 Å². The second-order valence-corrected chi connectivity index (χ2v) is 5.28. The van der Waals surface area contributed by atoms with Gasteiger partial charge in [0.15, 0.2) is 0 Å². The molecule has 0 fully saturated rings. The van der Waals surface area contributed by atoms with Crippen molar-refractivity contribution >= 4 is 12.0 Å². The average molecular weight is 280 g/mol. The summed E-state index contributed by atoms with van der Waals surface area (Å²) < 4.78 is 29.9. The number of rotatable bonds is 6.